The molecule has 3 N–H and O–H groups in total. The molecule has 5 heteroatoms. The summed E-state index contributed by atoms with van der Waals surface area (Å²) < 4.78 is 18.5. The monoisotopic (exact) mass is 253 g/mol. The predicted octanol–water partition coefficient (Wildman–Crippen LogP) is 1.54. The Morgan fingerprint density at radius 1 is 1.39 bits per heavy atom. The van der Waals surface area contributed by atoms with Gasteiger partial charge in [-0.15, -0.1) is 0 Å². The molecular weight excluding hydrogens is 233 g/mol. The molecule has 1 aromatic carbocycles. The lowest BCUT2D eigenvalue weighted by molar-refractivity contribution is 0.0368. The van der Waals surface area contributed by atoms with Gasteiger partial charge in [0.05, 0.1) is 13.2 Å². The van der Waals surface area contributed by atoms with Gasteiger partial charge in [-0.2, -0.15) is 0 Å². The Bertz CT molecular complexity index is 374. The number of nitrogens with zero attached hydrogens (tertiary/aromatic N) is 1. The Hall–Kier alpha value is -1.33. The number of nitrogens with two attached hydrogens (primary N) is 1. The third-order valence-corrected chi connectivity index (χ3v) is 2.97. The van der Waals surface area contributed by atoms with Gasteiger partial charge in [0.2, 0.25) is 0 Å². The van der Waals surface area contributed by atoms with Crippen LogP contribution in [0.2, 0.25) is 0 Å². The van der Waals surface area contributed by atoms with Gasteiger partial charge < -0.3 is 15.8 Å². The van der Waals surface area contributed by atoms with Crippen molar-refractivity contribution in [1.29, 1.82) is 0 Å². The van der Waals surface area contributed by atoms with Crippen LogP contribution in [0.4, 0.5) is 15.8 Å². The molecule has 1 aliphatic rings. The molecule has 100 valence electrons. The molecule has 1 aromatic rings. The Labute approximate surface area is 107 Å². The van der Waals surface area contributed by atoms with Crippen LogP contribution >= 0.6 is 0 Å². The summed E-state index contributed by atoms with van der Waals surface area (Å²) in [6, 6.07) is 4.77. The van der Waals surface area contributed by atoms with Gasteiger partial charge in [0.1, 0.15) is 5.82 Å². The number of nitrogens with one attached hydrogen (secondary N) is 1. The van der Waals surface area contributed by atoms with Crippen molar-refractivity contribution in [2.45, 2.75) is 13.0 Å². The van der Waals surface area contributed by atoms with Crippen LogP contribution in [-0.2, 0) is 4.74 Å². The van der Waals surface area contributed by atoms with E-state index in [4.69, 9.17) is 10.5 Å². The van der Waals surface area contributed by atoms with Gasteiger partial charge >= 0.3 is 0 Å². The van der Waals surface area contributed by atoms with Gasteiger partial charge in [-0.3, -0.25) is 4.90 Å². The number of hydrogen-bond acceptors (Lipinski definition) is 4. The van der Waals surface area contributed by atoms with Crippen LogP contribution in [0, 0.1) is 5.82 Å². The molecule has 18 heavy (non-hydrogen) atoms. The third kappa shape index (κ3) is 3.85. The van der Waals surface area contributed by atoms with E-state index in [-0.39, 0.29) is 11.9 Å². The summed E-state index contributed by atoms with van der Waals surface area (Å²) in [7, 11) is 0. The molecule has 1 heterocycles. The van der Waals surface area contributed by atoms with Crippen LogP contribution in [0.15, 0.2) is 18.2 Å². The minimum Gasteiger partial charge on any atom is -0.399 e. The minimum absolute atomic E-state index is 0.240. The van der Waals surface area contributed by atoms with Crippen LogP contribution in [0.25, 0.3) is 0 Å². The first-order chi connectivity index (χ1) is 8.63. The van der Waals surface area contributed by atoms with Crippen molar-refractivity contribution in [3.05, 3.63) is 24.0 Å². The summed E-state index contributed by atoms with van der Waals surface area (Å²) in [5.74, 6) is -0.309. The number of rotatable bonds is 4. The van der Waals surface area contributed by atoms with Gasteiger partial charge in [-0.1, -0.05) is 0 Å². The number of nitrogen functional groups attached to an aromatic ring is 1. The lowest BCUT2D eigenvalue weighted by Crippen LogP contribution is -2.42. The number of anilines is 2. The first-order valence-corrected chi connectivity index (χ1v) is 6.26. The second kappa shape index (κ2) is 6.02. The van der Waals surface area contributed by atoms with Gasteiger partial charge in [0.15, 0.2) is 0 Å². The maximum Gasteiger partial charge on any atom is 0.127 e. The van der Waals surface area contributed by atoms with E-state index in [0.717, 1.165) is 38.5 Å². The largest absolute Gasteiger partial charge is 0.399 e. The van der Waals surface area contributed by atoms with Crippen molar-refractivity contribution in [3.8, 4) is 0 Å². The highest BCUT2D eigenvalue weighted by molar-refractivity contribution is 5.55. The van der Waals surface area contributed by atoms with Gasteiger partial charge in [0, 0.05) is 37.1 Å². The maximum absolute atomic E-state index is 13.2. The van der Waals surface area contributed by atoms with E-state index < -0.39 is 0 Å². The molecule has 1 fully saturated rings. The van der Waals surface area contributed by atoms with Crippen LogP contribution in [0.3, 0.4) is 0 Å². The lowest BCUT2D eigenvalue weighted by atomic mass is 10.2. The SMILES string of the molecule is CC(CN1CCOCC1)Nc1cc(N)cc(F)c1. The quantitative estimate of drug-likeness (QED) is 0.799. The average Bonchev–Trinajstić information content (AvgIpc) is 2.28. The highest BCUT2D eigenvalue weighted by atomic mass is 19.1. The van der Waals surface area contributed by atoms with E-state index in [1.165, 1.54) is 12.1 Å². The van der Waals surface area contributed by atoms with E-state index >= 15 is 0 Å². The number of ether oxygens (including phenoxy) is 1. The van der Waals surface area contributed by atoms with E-state index in [1.807, 2.05) is 0 Å². The summed E-state index contributed by atoms with van der Waals surface area (Å²) in [5, 5.41) is 3.27. The van der Waals surface area contributed by atoms with Crippen molar-refractivity contribution in [2.75, 3.05) is 43.9 Å². The summed E-state index contributed by atoms with van der Waals surface area (Å²) in [5.41, 5.74) is 6.78. The summed E-state index contributed by atoms with van der Waals surface area (Å²) in [4.78, 5) is 2.34. The fraction of sp³-hybridized carbons (Fsp3) is 0.538. The number of hydrogen-bond donors (Lipinski definition) is 2. The van der Waals surface area contributed by atoms with E-state index in [9.17, 15) is 4.39 Å². The first kappa shape index (κ1) is 13.1. The molecule has 0 aromatic heterocycles. The van der Waals surface area contributed by atoms with Crippen molar-refractivity contribution >= 4 is 11.4 Å². The zero-order valence-electron chi connectivity index (χ0n) is 10.7. The second-order valence-corrected chi connectivity index (χ2v) is 4.73. The Morgan fingerprint density at radius 2 is 2.11 bits per heavy atom. The standard InChI is InChI=1S/C13H20FN3O/c1-10(9-17-2-4-18-5-3-17)16-13-7-11(14)6-12(15)8-13/h6-8,10,16H,2-5,9,15H2,1H3. The molecule has 0 spiro atoms. The molecule has 4 nitrogen and oxygen atoms in total. The molecule has 1 saturated heterocycles. The normalized spacial score (nSPS) is 18.6. The smallest absolute Gasteiger partial charge is 0.127 e. The van der Waals surface area contributed by atoms with Gasteiger partial charge in [0.25, 0.3) is 0 Å². The topological polar surface area (TPSA) is 50.5 Å². The molecule has 1 unspecified atom stereocenters. The van der Waals surface area contributed by atoms with Crippen molar-refractivity contribution < 1.29 is 9.13 Å². The first-order valence-electron chi connectivity index (χ1n) is 6.26. The molecule has 0 amide bonds. The molecular formula is C13H20FN3O. The van der Waals surface area contributed by atoms with Crippen molar-refractivity contribution in [1.82, 2.24) is 4.90 Å². The zero-order valence-corrected chi connectivity index (χ0v) is 10.7. The highest BCUT2D eigenvalue weighted by Gasteiger charge is 2.13. The van der Waals surface area contributed by atoms with Crippen molar-refractivity contribution in [3.63, 3.8) is 0 Å². The lowest BCUT2D eigenvalue weighted by Gasteiger charge is -2.29. The third-order valence-electron chi connectivity index (χ3n) is 2.97. The average molecular weight is 253 g/mol. The van der Waals surface area contributed by atoms with E-state index in [1.54, 1.807) is 6.07 Å². The Balaban J connectivity index is 1.87. The molecule has 2 rings (SSSR count). The Morgan fingerprint density at radius 3 is 2.78 bits per heavy atom. The van der Waals surface area contributed by atoms with Crippen LogP contribution < -0.4 is 11.1 Å². The van der Waals surface area contributed by atoms with Gasteiger partial charge in [-0.25, -0.2) is 4.39 Å². The molecule has 0 bridgehead atoms. The number of halogens is 1. The highest BCUT2D eigenvalue weighted by Crippen LogP contribution is 2.16. The fourth-order valence-electron chi connectivity index (χ4n) is 2.20. The summed E-state index contributed by atoms with van der Waals surface area (Å²) >= 11 is 0. The number of benzene rings is 1. The van der Waals surface area contributed by atoms with Crippen molar-refractivity contribution in [2.24, 2.45) is 0 Å². The van der Waals surface area contributed by atoms with Crippen LogP contribution in [0.1, 0.15) is 6.92 Å². The van der Waals surface area contributed by atoms with Gasteiger partial charge in [-0.05, 0) is 25.1 Å². The Kier molecular flexibility index (Phi) is 4.38. The summed E-state index contributed by atoms with van der Waals surface area (Å²) in [6.07, 6.45) is 0. The van der Waals surface area contributed by atoms with E-state index in [2.05, 4.69) is 17.1 Å². The molecule has 1 aliphatic heterocycles. The minimum atomic E-state index is -0.309. The molecule has 0 radical (unpaired) electrons. The number of morpholine rings is 1. The molecule has 1 atom stereocenters. The fourth-order valence-corrected chi connectivity index (χ4v) is 2.20. The van der Waals surface area contributed by atoms with Crippen LogP contribution in [-0.4, -0.2) is 43.8 Å². The maximum atomic E-state index is 13.2. The summed E-state index contributed by atoms with van der Waals surface area (Å²) in [6.45, 7) is 6.49. The van der Waals surface area contributed by atoms with Crippen LogP contribution in [0.5, 0.6) is 0 Å². The zero-order chi connectivity index (χ0) is 13.0. The second-order valence-electron chi connectivity index (χ2n) is 4.73. The molecule has 0 saturated carbocycles. The van der Waals surface area contributed by atoms with E-state index in [0.29, 0.717) is 5.69 Å². The predicted molar refractivity (Wildman–Crippen MR) is 71.2 cm³/mol. The molecule has 0 aliphatic carbocycles.